The first kappa shape index (κ1) is 19.5. The van der Waals surface area contributed by atoms with Crippen molar-refractivity contribution in [3.63, 3.8) is 0 Å². The number of hydrogen-bond acceptors (Lipinski definition) is 6. The Morgan fingerprint density at radius 1 is 0.900 bits per heavy atom. The standard InChI is InChI=1S/C20H19N5O5/c1-12(25-18(28)13-4-2-3-5-14(13)19(25)29)17(27)23-8-10-24(11-9-23)20(30)15-6-7-16(26)22-21-15/h2-7,12H,8-11H2,1H3,(H,22,26). The molecule has 4 amide bonds. The SMILES string of the molecule is CC(C(=O)N1CCN(C(=O)c2ccc(=O)[nH]n2)CC1)N1C(=O)c2ccccc2C1=O. The van der Waals surface area contributed by atoms with Crippen LogP contribution in [0.3, 0.4) is 0 Å². The molecule has 0 aliphatic carbocycles. The van der Waals surface area contributed by atoms with Gasteiger partial charge in [-0.25, -0.2) is 5.10 Å². The normalized spacial score (nSPS) is 17.2. The van der Waals surface area contributed by atoms with Gasteiger partial charge in [0.05, 0.1) is 11.1 Å². The minimum Gasteiger partial charge on any atom is -0.337 e. The second-order valence-corrected chi connectivity index (χ2v) is 7.13. The van der Waals surface area contributed by atoms with E-state index >= 15 is 0 Å². The minimum atomic E-state index is -0.944. The molecule has 1 unspecified atom stereocenters. The van der Waals surface area contributed by atoms with Crippen molar-refractivity contribution in [2.75, 3.05) is 26.2 Å². The summed E-state index contributed by atoms with van der Waals surface area (Å²) >= 11 is 0. The molecule has 2 aliphatic rings. The van der Waals surface area contributed by atoms with Crippen LogP contribution in [0.15, 0.2) is 41.2 Å². The Morgan fingerprint density at radius 3 is 2.00 bits per heavy atom. The molecular formula is C20H19N5O5. The van der Waals surface area contributed by atoms with Crippen LogP contribution in [0.4, 0.5) is 0 Å². The molecule has 0 spiro atoms. The van der Waals surface area contributed by atoms with Crippen LogP contribution in [-0.2, 0) is 4.79 Å². The van der Waals surface area contributed by atoms with Crippen molar-refractivity contribution in [1.29, 1.82) is 0 Å². The molecule has 4 rings (SSSR count). The molecule has 2 aliphatic heterocycles. The van der Waals surface area contributed by atoms with Gasteiger partial charge in [-0.2, -0.15) is 5.10 Å². The Kier molecular flexibility index (Phi) is 4.90. The van der Waals surface area contributed by atoms with Gasteiger partial charge in [-0.1, -0.05) is 12.1 Å². The van der Waals surface area contributed by atoms with Crippen LogP contribution in [0.25, 0.3) is 0 Å². The van der Waals surface area contributed by atoms with Crippen LogP contribution < -0.4 is 5.56 Å². The van der Waals surface area contributed by atoms with Gasteiger partial charge in [0, 0.05) is 32.2 Å². The molecule has 10 heteroatoms. The monoisotopic (exact) mass is 409 g/mol. The summed E-state index contributed by atoms with van der Waals surface area (Å²) in [5, 5.41) is 5.96. The fourth-order valence-corrected chi connectivity index (χ4v) is 3.69. The number of H-pyrrole nitrogens is 1. The molecule has 10 nitrogen and oxygen atoms in total. The maximum atomic E-state index is 12.9. The highest BCUT2D eigenvalue weighted by atomic mass is 16.2. The number of carbonyl (C=O) groups excluding carboxylic acids is 4. The van der Waals surface area contributed by atoms with Gasteiger partial charge in [0.25, 0.3) is 23.3 Å². The van der Waals surface area contributed by atoms with Crippen LogP contribution in [-0.4, -0.2) is 80.7 Å². The predicted molar refractivity (Wildman–Crippen MR) is 104 cm³/mol. The van der Waals surface area contributed by atoms with E-state index in [4.69, 9.17) is 0 Å². The van der Waals surface area contributed by atoms with Crippen molar-refractivity contribution in [1.82, 2.24) is 24.9 Å². The van der Waals surface area contributed by atoms with Gasteiger partial charge in [-0.3, -0.25) is 28.9 Å². The van der Waals surface area contributed by atoms with Gasteiger partial charge in [-0.05, 0) is 25.1 Å². The van der Waals surface area contributed by atoms with E-state index < -0.39 is 23.4 Å². The van der Waals surface area contributed by atoms with Gasteiger partial charge < -0.3 is 9.80 Å². The third kappa shape index (κ3) is 3.25. The van der Waals surface area contributed by atoms with Gasteiger partial charge in [0.2, 0.25) is 5.91 Å². The predicted octanol–water partition coefficient (Wildman–Crippen LogP) is -0.261. The molecule has 1 fully saturated rings. The first-order chi connectivity index (χ1) is 14.4. The molecule has 2 aromatic rings. The molecule has 1 atom stereocenters. The van der Waals surface area contributed by atoms with E-state index in [9.17, 15) is 24.0 Å². The third-order valence-electron chi connectivity index (χ3n) is 5.35. The zero-order valence-corrected chi connectivity index (χ0v) is 16.2. The molecule has 1 saturated heterocycles. The van der Waals surface area contributed by atoms with Crippen LogP contribution in [0.1, 0.15) is 38.1 Å². The lowest BCUT2D eigenvalue weighted by Gasteiger charge is -2.36. The number of imide groups is 1. The van der Waals surface area contributed by atoms with E-state index in [2.05, 4.69) is 10.2 Å². The number of benzene rings is 1. The zero-order valence-electron chi connectivity index (χ0n) is 16.2. The number of piperazine rings is 1. The average Bonchev–Trinajstić information content (AvgIpc) is 3.03. The Morgan fingerprint density at radius 2 is 1.47 bits per heavy atom. The van der Waals surface area contributed by atoms with Crippen molar-refractivity contribution in [3.8, 4) is 0 Å². The number of rotatable bonds is 3. The maximum absolute atomic E-state index is 12.9. The highest BCUT2D eigenvalue weighted by molar-refractivity contribution is 6.22. The highest BCUT2D eigenvalue weighted by Gasteiger charge is 2.42. The van der Waals surface area contributed by atoms with Crippen LogP contribution in [0.5, 0.6) is 0 Å². The number of hydrogen-bond donors (Lipinski definition) is 1. The van der Waals surface area contributed by atoms with Crippen molar-refractivity contribution in [3.05, 3.63) is 63.6 Å². The van der Waals surface area contributed by atoms with Crippen molar-refractivity contribution >= 4 is 23.6 Å². The lowest BCUT2D eigenvalue weighted by molar-refractivity contribution is -0.136. The number of carbonyl (C=O) groups is 4. The molecule has 0 radical (unpaired) electrons. The Hall–Kier alpha value is -3.82. The van der Waals surface area contributed by atoms with Crippen LogP contribution in [0.2, 0.25) is 0 Å². The summed E-state index contributed by atoms with van der Waals surface area (Å²) in [5.41, 5.74) is 0.315. The fourth-order valence-electron chi connectivity index (χ4n) is 3.69. The zero-order chi connectivity index (χ0) is 21.4. The summed E-state index contributed by atoms with van der Waals surface area (Å²) < 4.78 is 0. The number of aromatic amines is 1. The van der Waals surface area contributed by atoms with Crippen LogP contribution >= 0.6 is 0 Å². The molecule has 3 heterocycles. The number of fused-ring (bicyclic) bond motifs is 1. The van der Waals surface area contributed by atoms with E-state index in [1.54, 1.807) is 24.3 Å². The summed E-state index contributed by atoms with van der Waals surface area (Å²) in [4.78, 5) is 65.8. The summed E-state index contributed by atoms with van der Waals surface area (Å²) in [7, 11) is 0. The van der Waals surface area contributed by atoms with Gasteiger partial charge >= 0.3 is 0 Å². The smallest absolute Gasteiger partial charge is 0.274 e. The molecule has 154 valence electrons. The van der Waals surface area contributed by atoms with Gasteiger partial charge in [-0.15, -0.1) is 0 Å². The average molecular weight is 409 g/mol. The first-order valence-electron chi connectivity index (χ1n) is 9.49. The summed E-state index contributed by atoms with van der Waals surface area (Å²) in [6, 6.07) is 8.12. The van der Waals surface area contributed by atoms with E-state index in [0.717, 1.165) is 4.90 Å². The second-order valence-electron chi connectivity index (χ2n) is 7.13. The van der Waals surface area contributed by atoms with Gasteiger partial charge in [0.1, 0.15) is 11.7 Å². The molecule has 30 heavy (non-hydrogen) atoms. The number of aromatic nitrogens is 2. The number of amides is 4. The fraction of sp³-hybridized carbons (Fsp3) is 0.300. The molecular weight excluding hydrogens is 390 g/mol. The van der Waals surface area contributed by atoms with E-state index in [1.807, 2.05) is 0 Å². The van der Waals surface area contributed by atoms with Gasteiger partial charge in [0.15, 0.2) is 0 Å². The van der Waals surface area contributed by atoms with E-state index in [0.29, 0.717) is 11.1 Å². The summed E-state index contributed by atoms with van der Waals surface area (Å²) in [6.07, 6.45) is 0. The number of nitrogens with one attached hydrogen (secondary N) is 1. The minimum absolute atomic E-state index is 0.119. The Labute approximate surface area is 171 Å². The molecule has 1 aromatic heterocycles. The highest BCUT2D eigenvalue weighted by Crippen LogP contribution is 2.25. The molecule has 0 saturated carbocycles. The van der Waals surface area contributed by atoms with Crippen molar-refractivity contribution in [2.45, 2.75) is 13.0 Å². The lowest BCUT2D eigenvalue weighted by Crippen LogP contribution is -2.56. The molecule has 1 N–H and O–H groups in total. The van der Waals surface area contributed by atoms with E-state index in [1.165, 1.54) is 28.9 Å². The summed E-state index contributed by atoms with van der Waals surface area (Å²) in [6.45, 7) is 2.62. The second kappa shape index (κ2) is 7.54. The Bertz CT molecular complexity index is 1050. The lowest BCUT2D eigenvalue weighted by atomic mass is 10.1. The third-order valence-corrected chi connectivity index (χ3v) is 5.35. The maximum Gasteiger partial charge on any atom is 0.274 e. The quantitative estimate of drug-likeness (QED) is 0.697. The summed E-state index contributed by atoms with van der Waals surface area (Å²) in [5.74, 6) is -1.64. The Balaban J connectivity index is 1.40. The van der Waals surface area contributed by atoms with Crippen molar-refractivity contribution < 1.29 is 19.2 Å². The topological polar surface area (TPSA) is 124 Å². The largest absolute Gasteiger partial charge is 0.337 e. The van der Waals surface area contributed by atoms with E-state index in [-0.39, 0.29) is 43.7 Å². The van der Waals surface area contributed by atoms with Crippen LogP contribution in [0, 0.1) is 0 Å². The first-order valence-corrected chi connectivity index (χ1v) is 9.49. The molecule has 1 aromatic carbocycles. The molecule has 0 bridgehead atoms. The van der Waals surface area contributed by atoms with Crippen molar-refractivity contribution in [2.24, 2.45) is 0 Å². The number of nitrogens with zero attached hydrogens (tertiary/aromatic N) is 4.